The van der Waals surface area contributed by atoms with Crippen LogP contribution in [0.1, 0.15) is 60.4 Å². The van der Waals surface area contributed by atoms with E-state index in [-0.39, 0.29) is 11.8 Å². The molecule has 1 aromatic heterocycles. The van der Waals surface area contributed by atoms with Gasteiger partial charge >= 0.3 is 5.97 Å². The van der Waals surface area contributed by atoms with Gasteiger partial charge in [0, 0.05) is 28.6 Å². The fourth-order valence-electron chi connectivity index (χ4n) is 5.48. The summed E-state index contributed by atoms with van der Waals surface area (Å²) in [4.78, 5) is 56.7. The predicted molar refractivity (Wildman–Crippen MR) is 137 cm³/mol. The van der Waals surface area contributed by atoms with Gasteiger partial charge in [-0.25, -0.2) is 0 Å². The Balaban J connectivity index is 1.52. The van der Waals surface area contributed by atoms with Crippen LogP contribution in [0.4, 0.5) is 0 Å². The average Bonchev–Trinajstić information content (AvgIpc) is 3.38. The van der Waals surface area contributed by atoms with E-state index in [0.29, 0.717) is 18.4 Å². The first kappa shape index (κ1) is 24.5. The number of carbonyl (C=O) groups is 4. The van der Waals surface area contributed by atoms with E-state index in [1.54, 1.807) is 11.0 Å². The van der Waals surface area contributed by atoms with Gasteiger partial charge in [0.1, 0.15) is 18.1 Å². The fraction of sp³-hybridized carbons (Fsp3) is 0.357. The van der Waals surface area contributed by atoms with Gasteiger partial charge in [0.25, 0.3) is 5.91 Å². The highest BCUT2D eigenvalue weighted by atomic mass is 16.4. The molecule has 2 aliphatic rings. The number of benzene rings is 2. The Morgan fingerprint density at radius 1 is 1.05 bits per heavy atom. The zero-order valence-corrected chi connectivity index (χ0v) is 20.9. The molecule has 192 valence electrons. The van der Waals surface area contributed by atoms with E-state index in [9.17, 15) is 24.3 Å². The van der Waals surface area contributed by atoms with Crippen LogP contribution >= 0.6 is 0 Å². The van der Waals surface area contributed by atoms with Crippen molar-refractivity contribution in [3.8, 4) is 0 Å². The molecule has 0 aliphatic carbocycles. The van der Waals surface area contributed by atoms with Gasteiger partial charge in [0.15, 0.2) is 0 Å². The van der Waals surface area contributed by atoms with Crippen LogP contribution in [0.25, 0.3) is 10.9 Å². The maximum absolute atomic E-state index is 13.8. The second-order valence-electron chi connectivity index (χ2n) is 10.2. The maximum Gasteiger partial charge on any atom is 0.325 e. The zero-order chi connectivity index (χ0) is 26.4. The van der Waals surface area contributed by atoms with Crippen molar-refractivity contribution < 1.29 is 24.3 Å². The van der Waals surface area contributed by atoms with Crippen LogP contribution in [0.2, 0.25) is 0 Å². The largest absolute Gasteiger partial charge is 0.480 e. The van der Waals surface area contributed by atoms with Gasteiger partial charge in [-0.15, -0.1) is 0 Å². The third-order valence-electron chi connectivity index (χ3n) is 7.22. The molecule has 2 aliphatic heterocycles. The number of fused-ring (bicyclic) bond motifs is 7. The van der Waals surface area contributed by atoms with E-state index < -0.39 is 42.0 Å². The van der Waals surface area contributed by atoms with E-state index in [0.717, 1.165) is 27.7 Å². The van der Waals surface area contributed by atoms with Crippen LogP contribution in [0, 0.1) is 5.92 Å². The lowest BCUT2D eigenvalue weighted by Gasteiger charge is -2.38. The molecule has 0 unspecified atom stereocenters. The number of hydrogen-bond acceptors (Lipinski definition) is 4. The zero-order valence-electron chi connectivity index (χ0n) is 20.9. The van der Waals surface area contributed by atoms with Crippen molar-refractivity contribution in [2.24, 2.45) is 5.92 Å². The number of H-pyrrole nitrogens is 1. The highest BCUT2D eigenvalue weighted by Gasteiger charge is 2.49. The predicted octanol–water partition coefficient (Wildman–Crippen LogP) is 2.76. The van der Waals surface area contributed by atoms with E-state index in [1.807, 2.05) is 56.3 Å². The van der Waals surface area contributed by atoms with Gasteiger partial charge in [0.05, 0.1) is 6.04 Å². The number of aromatic amines is 1. The van der Waals surface area contributed by atoms with Gasteiger partial charge in [-0.3, -0.25) is 19.2 Å². The number of rotatable bonds is 7. The molecule has 5 rings (SSSR count). The van der Waals surface area contributed by atoms with Crippen molar-refractivity contribution in [3.63, 3.8) is 0 Å². The van der Waals surface area contributed by atoms with Crippen molar-refractivity contribution in [2.75, 3.05) is 0 Å². The number of hydrogen-bond donors (Lipinski definition) is 4. The number of aromatic nitrogens is 1. The van der Waals surface area contributed by atoms with Crippen molar-refractivity contribution in [3.05, 3.63) is 70.9 Å². The molecule has 0 saturated carbocycles. The number of aliphatic carboxylic acids is 1. The number of para-hydroxylation sites is 1. The molecule has 4 atom stereocenters. The van der Waals surface area contributed by atoms with Crippen molar-refractivity contribution in [1.82, 2.24) is 20.5 Å². The molecular formula is C28H30N4O5. The molecule has 0 radical (unpaired) electrons. The standard InChI is InChI=1S/C28H30N4O5/c1-14(2)12-21(25(33)29-15(3)28(36)37)31-26(34)22-13-19-16-8-6-7-11-20(16)30-23(19)24-17-9-4-5-10-18(17)27(35)32(22)24/h4-11,14-15,21-22,24,30H,12-13H2,1-3H3,(H,29,33)(H,31,34)(H,36,37)/t15-,21-,22-,24-/m0/s1. The highest BCUT2D eigenvalue weighted by molar-refractivity contribution is 6.04. The molecule has 0 saturated heterocycles. The normalized spacial score (nSPS) is 19.7. The van der Waals surface area contributed by atoms with Crippen LogP contribution in [-0.4, -0.2) is 56.8 Å². The third-order valence-corrected chi connectivity index (χ3v) is 7.22. The summed E-state index contributed by atoms with van der Waals surface area (Å²) < 4.78 is 0. The molecule has 0 spiro atoms. The SMILES string of the molecule is CC(C)C[C@H](NC(=O)[C@@H]1Cc2c([nH]c3ccccc23)[C@@H]2c3ccccc3C(=O)N21)C(=O)N[C@@H](C)C(=O)O. The van der Waals surface area contributed by atoms with E-state index in [4.69, 9.17) is 0 Å². The van der Waals surface area contributed by atoms with Crippen molar-refractivity contribution in [2.45, 2.75) is 57.8 Å². The van der Waals surface area contributed by atoms with Crippen molar-refractivity contribution in [1.29, 1.82) is 0 Å². The van der Waals surface area contributed by atoms with Gasteiger partial charge in [-0.1, -0.05) is 50.2 Å². The Bertz CT molecular complexity index is 1410. The summed E-state index contributed by atoms with van der Waals surface area (Å²) in [6.45, 7) is 5.21. The Kier molecular flexibility index (Phi) is 6.23. The maximum atomic E-state index is 13.8. The monoisotopic (exact) mass is 502 g/mol. The Hall–Kier alpha value is -4.14. The number of carboxylic acids is 1. The average molecular weight is 503 g/mol. The summed E-state index contributed by atoms with van der Waals surface area (Å²) in [7, 11) is 0. The lowest BCUT2D eigenvalue weighted by Crippen LogP contribution is -2.57. The second kappa shape index (κ2) is 9.38. The van der Waals surface area contributed by atoms with Crippen LogP contribution in [0.5, 0.6) is 0 Å². The first-order valence-electron chi connectivity index (χ1n) is 12.5. The lowest BCUT2D eigenvalue weighted by molar-refractivity contribution is -0.141. The molecule has 3 amide bonds. The Labute approximate surface area is 214 Å². The van der Waals surface area contributed by atoms with Gasteiger partial charge in [0.2, 0.25) is 11.8 Å². The number of carbonyl (C=O) groups excluding carboxylic acids is 3. The Morgan fingerprint density at radius 3 is 2.49 bits per heavy atom. The second-order valence-corrected chi connectivity index (χ2v) is 10.2. The van der Waals surface area contributed by atoms with E-state index in [2.05, 4.69) is 15.6 Å². The number of amides is 3. The molecule has 3 aromatic rings. The molecule has 3 heterocycles. The summed E-state index contributed by atoms with van der Waals surface area (Å²) in [5, 5.41) is 15.5. The molecule has 37 heavy (non-hydrogen) atoms. The minimum absolute atomic E-state index is 0.0631. The summed E-state index contributed by atoms with van der Waals surface area (Å²) in [5.74, 6) is -2.33. The fourth-order valence-corrected chi connectivity index (χ4v) is 5.48. The molecule has 9 nitrogen and oxygen atoms in total. The third kappa shape index (κ3) is 4.24. The van der Waals surface area contributed by atoms with Crippen molar-refractivity contribution >= 4 is 34.6 Å². The molecule has 4 N–H and O–H groups in total. The van der Waals surface area contributed by atoms with Crippen LogP contribution in [0.15, 0.2) is 48.5 Å². The van der Waals surface area contributed by atoms with Crippen LogP contribution in [-0.2, 0) is 20.8 Å². The Morgan fingerprint density at radius 2 is 1.76 bits per heavy atom. The smallest absolute Gasteiger partial charge is 0.325 e. The van der Waals surface area contributed by atoms with Gasteiger partial charge < -0.3 is 25.6 Å². The van der Waals surface area contributed by atoms with E-state index >= 15 is 0 Å². The summed E-state index contributed by atoms with van der Waals surface area (Å²) in [5.41, 5.74) is 4.21. The summed E-state index contributed by atoms with van der Waals surface area (Å²) in [6.07, 6.45) is 0.621. The molecule has 9 heteroatoms. The first-order valence-corrected chi connectivity index (χ1v) is 12.5. The molecule has 2 aromatic carbocycles. The summed E-state index contributed by atoms with van der Waals surface area (Å²) >= 11 is 0. The van der Waals surface area contributed by atoms with Gasteiger partial charge in [-0.05, 0) is 42.5 Å². The first-order chi connectivity index (χ1) is 17.7. The van der Waals surface area contributed by atoms with Gasteiger partial charge in [-0.2, -0.15) is 0 Å². The number of nitrogens with zero attached hydrogens (tertiary/aromatic N) is 1. The van der Waals surface area contributed by atoms with Crippen LogP contribution < -0.4 is 10.6 Å². The minimum Gasteiger partial charge on any atom is -0.480 e. The highest BCUT2D eigenvalue weighted by Crippen LogP contribution is 2.46. The quantitative estimate of drug-likeness (QED) is 0.395. The molecular weight excluding hydrogens is 472 g/mol. The van der Waals surface area contributed by atoms with E-state index in [1.165, 1.54) is 6.92 Å². The lowest BCUT2D eigenvalue weighted by atomic mass is 9.89. The number of carboxylic acid groups (broad SMARTS) is 1. The topological polar surface area (TPSA) is 132 Å². The minimum atomic E-state index is -1.16. The summed E-state index contributed by atoms with van der Waals surface area (Å²) in [6, 6.07) is 11.9. The number of nitrogens with one attached hydrogen (secondary N) is 3. The molecule has 0 bridgehead atoms. The molecule has 0 fully saturated rings. The van der Waals surface area contributed by atoms with Crippen LogP contribution in [0.3, 0.4) is 0 Å².